The summed E-state index contributed by atoms with van der Waals surface area (Å²) < 4.78 is 0. The highest BCUT2D eigenvalue weighted by atomic mass is 16.2. The molecule has 1 saturated carbocycles. The number of amides is 2. The lowest BCUT2D eigenvalue weighted by molar-refractivity contribution is -0.119. The van der Waals surface area contributed by atoms with Crippen LogP contribution in [0.4, 0.5) is 17.1 Å². The zero-order chi connectivity index (χ0) is 18.8. The molecule has 1 aliphatic carbocycles. The minimum absolute atomic E-state index is 0.0644. The minimum Gasteiger partial charge on any atom is -0.374 e. The molecule has 1 atom stereocenters. The molecule has 2 aromatic rings. The summed E-state index contributed by atoms with van der Waals surface area (Å²) >= 11 is 0. The zero-order valence-corrected chi connectivity index (χ0v) is 15.6. The summed E-state index contributed by atoms with van der Waals surface area (Å²) in [5.41, 5.74) is 3.84. The van der Waals surface area contributed by atoms with E-state index in [4.69, 9.17) is 0 Å². The third-order valence-corrected chi connectivity index (χ3v) is 5.21. The number of aryl methyl sites for hydroxylation is 1. The Balaban J connectivity index is 1.44. The Morgan fingerprint density at radius 3 is 2.67 bits per heavy atom. The number of fused-ring (bicyclic) bond motifs is 1. The number of para-hydroxylation sites is 1. The summed E-state index contributed by atoms with van der Waals surface area (Å²) in [7, 11) is 0. The first-order valence-electron chi connectivity index (χ1n) is 9.68. The van der Waals surface area contributed by atoms with Gasteiger partial charge in [-0.3, -0.25) is 9.59 Å². The van der Waals surface area contributed by atoms with Gasteiger partial charge in [0, 0.05) is 29.5 Å². The number of nitrogens with zero attached hydrogens (tertiary/aromatic N) is 1. The maximum atomic E-state index is 13.0. The quantitative estimate of drug-likeness (QED) is 0.849. The molecule has 0 saturated heterocycles. The van der Waals surface area contributed by atoms with Gasteiger partial charge in [-0.15, -0.1) is 0 Å². The monoisotopic (exact) mass is 363 g/mol. The van der Waals surface area contributed by atoms with Gasteiger partial charge in [-0.1, -0.05) is 24.3 Å². The molecule has 0 spiro atoms. The first-order chi connectivity index (χ1) is 13.1. The molecule has 1 unspecified atom stereocenters. The van der Waals surface area contributed by atoms with E-state index in [1.165, 1.54) is 5.56 Å². The summed E-state index contributed by atoms with van der Waals surface area (Å²) in [5, 5.41) is 6.23. The van der Waals surface area contributed by atoms with Crippen LogP contribution in [0.3, 0.4) is 0 Å². The predicted molar refractivity (Wildman–Crippen MR) is 108 cm³/mol. The van der Waals surface area contributed by atoms with Gasteiger partial charge in [0.25, 0.3) is 0 Å². The van der Waals surface area contributed by atoms with Crippen molar-refractivity contribution in [2.45, 2.75) is 38.6 Å². The van der Waals surface area contributed by atoms with Crippen LogP contribution in [0.2, 0.25) is 0 Å². The Bertz CT molecular complexity index is 860. The third-order valence-electron chi connectivity index (χ3n) is 5.21. The number of carbonyl (C=O) groups excluding carboxylic acids is 2. The van der Waals surface area contributed by atoms with Gasteiger partial charge in [0.15, 0.2) is 0 Å². The summed E-state index contributed by atoms with van der Waals surface area (Å²) in [5.74, 6) is 0.317. The molecule has 4 rings (SSSR count). The lowest BCUT2D eigenvalue weighted by Gasteiger charge is -2.32. The molecule has 2 aliphatic rings. The van der Waals surface area contributed by atoms with Crippen LogP contribution in [-0.4, -0.2) is 24.4 Å². The Labute approximate surface area is 159 Å². The molecule has 2 aromatic carbocycles. The Kier molecular flexibility index (Phi) is 4.84. The van der Waals surface area contributed by atoms with Crippen molar-refractivity contribution in [3.63, 3.8) is 0 Å². The molecule has 1 aliphatic heterocycles. The highest BCUT2D eigenvalue weighted by Crippen LogP contribution is 2.31. The van der Waals surface area contributed by atoms with Crippen LogP contribution in [-0.2, 0) is 16.0 Å². The zero-order valence-electron chi connectivity index (χ0n) is 15.6. The second kappa shape index (κ2) is 7.43. The van der Waals surface area contributed by atoms with Gasteiger partial charge in [0.05, 0.1) is 0 Å². The van der Waals surface area contributed by atoms with E-state index in [9.17, 15) is 9.59 Å². The van der Waals surface area contributed by atoms with Crippen molar-refractivity contribution in [3.05, 3.63) is 54.1 Å². The van der Waals surface area contributed by atoms with Crippen LogP contribution in [0.1, 0.15) is 31.7 Å². The van der Waals surface area contributed by atoms with E-state index >= 15 is 0 Å². The SMILES string of the molecule is CC(Nc1cccc(NC(=O)C2CC2)c1)C(=O)N1CCCc2ccccc21. The second-order valence-corrected chi connectivity index (χ2v) is 7.43. The normalized spacial score (nSPS) is 17.0. The van der Waals surface area contributed by atoms with E-state index in [1.54, 1.807) is 0 Å². The highest BCUT2D eigenvalue weighted by molar-refractivity contribution is 5.99. The number of hydrogen-bond acceptors (Lipinski definition) is 3. The number of anilines is 3. The standard InChI is InChI=1S/C22H25N3O2/c1-15(22(27)25-13-5-7-16-6-2-3-10-20(16)25)23-18-8-4-9-19(14-18)24-21(26)17-11-12-17/h2-4,6,8-10,14-15,17,23H,5,7,11-13H2,1H3,(H,24,26). The van der Waals surface area contributed by atoms with E-state index in [-0.39, 0.29) is 23.8 Å². The Morgan fingerprint density at radius 1 is 1.07 bits per heavy atom. The fourth-order valence-electron chi connectivity index (χ4n) is 3.58. The van der Waals surface area contributed by atoms with Crippen molar-refractivity contribution in [1.82, 2.24) is 0 Å². The molecule has 5 nitrogen and oxygen atoms in total. The van der Waals surface area contributed by atoms with Crippen molar-refractivity contribution < 1.29 is 9.59 Å². The van der Waals surface area contributed by atoms with Crippen molar-refractivity contribution in [3.8, 4) is 0 Å². The van der Waals surface area contributed by atoms with E-state index < -0.39 is 0 Å². The largest absolute Gasteiger partial charge is 0.374 e. The van der Waals surface area contributed by atoms with Gasteiger partial charge in [-0.05, 0) is 62.4 Å². The van der Waals surface area contributed by atoms with E-state index in [0.717, 1.165) is 49.3 Å². The molecule has 0 bridgehead atoms. The lowest BCUT2D eigenvalue weighted by atomic mass is 10.0. The van der Waals surface area contributed by atoms with Gasteiger partial charge in [-0.2, -0.15) is 0 Å². The van der Waals surface area contributed by atoms with Crippen LogP contribution < -0.4 is 15.5 Å². The summed E-state index contributed by atoms with van der Waals surface area (Å²) in [6.45, 7) is 2.63. The summed E-state index contributed by atoms with van der Waals surface area (Å²) in [6.07, 6.45) is 3.96. The van der Waals surface area contributed by atoms with Gasteiger partial charge >= 0.3 is 0 Å². The van der Waals surface area contributed by atoms with Gasteiger partial charge in [0.1, 0.15) is 6.04 Å². The molecular weight excluding hydrogens is 338 g/mol. The van der Waals surface area contributed by atoms with E-state index in [0.29, 0.717) is 0 Å². The first kappa shape index (κ1) is 17.6. The van der Waals surface area contributed by atoms with Crippen LogP contribution in [0.25, 0.3) is 0 Å². The molecule has 1 fully saturated rings. The first-order valence-corrected chi connectivity index (χ1v) is 9.68. The Morgan fingerprint density at radius 2 is 1.85 bits per heavy atom. The average Bonchev–Trinajstić information content (AvgIpc) is 3.52. The number of carbonyl (C=O) groups is 2. The summed E-state index contributed by atoms with van der Waals surface area (Å²) in [4.78, 5) is 26.9. The van der Waals surface area contributed by atoms with Gasteiger partial charge in [0.2, 0.25) is 11.8 Å². The van der Waals surface area contributed by atoms with Crippen molar-refractivity contribution in [2.75, 3.05) is 22.1 Å². The predicted octanol–water partition coefficient (Wildman–Crippen LogP) is 3.81. The number of benzene rings is 2. The van der Waals surface area contributed by atoms with Crippen molar-refractivity contribution in [2.24, 2.45) is 5.92 Å². The van der Waals surface area contributed by atoms with E-state index in [2.05, 4.69) is 16.7 Å². The molecule has 1 heterocycles. The van der Waals surface area contributed by atoms with Crippen LogP contribution in [0.5, 0.6) is 0 Å². The van der Waals surface area contributed by atoms with E-state index in [1.807, 2.05) is 54.3 Å². The van der Waals surface area contributed by atoms with Crippen LogP contribution in [0, 0.1) is 5.92 Å². The number of hydrogen-bond donors (Lipinski definition) is 2. The molecular formula is C22H25N3O2. The topological polar surface area (TPSA) is 61.4 Å². The van der Waals surface area contributed by atoms with Gasteiger partial charge in [-0.25, -0.2) is 0 Å². The summed E-state index contributed by atoms with van der Waals surface area (Å²) in [6, 6.07) is 15.3. The molecule has 0 radical (unpaired) electrons. The Hall–Kier alpha value is -2.82. The molecule has 27 heavy (non-hydrogen) atoms. The van der Waals surface area contributed by atoms with Crippen molar-refractivity contribution in [1.29, 1.82) is 0 Å². The van der Waals surface area contributed by atoms with Crippen LogP contribution in [0.15, 0.2) is 48.5 Å². The number of rotatable bonds is 5. The highest BCUT2D eigenvalue weighted by Gasteiger charge is 2.29. The average molecular weight is 363 g/mol. The molecule has 5 heteroatoms. The molecule has 2 N–H and O–H groups in total. The fourth-order valence-corrected chi connectivity index (χ4v) is 3.58. The molecule has 2 amide bonds. The lowest BCUT2D eigenvalue weighted by Crippen LogP contribution is -2.44. The van der Waals surface area contributed by atoms with Crippen molar-refractivity contribution >= 4 is 28.9 Å². The smallest absolute Gasteiger partial charge is 0.249 e. The maximum Gasteiger partial charge on any atom is 0.249 e. The maximum absolute atomic E-state index is 13.0. The van der Waals surface area contributed by atoms with Crippen LogP contribution >= 0.6 is 0 Å². The minimum atomic E-state index is -0.356. The molecule has 140 valence electrons. The second-order valence-electron chi connectivity index (χ2n) is 7.43. The molecule has 0 aromatic heterocycles. The fraction of sp³-hybridized carbons (Fsp3) is 0.364. The number of nitrogens with one attached hydrogen (secondary N) is 2. The van der Waals surface area contributed by atoms with Gasteiger partial charge < -0.3 is 15.5 Å². The third kappa shape index (κ3) is 3.97.